The van der Waals surface area contributed by atoms with Gasteiger partial charge < -0.3 is 9.80 Å². The SMILES string of the molecule is Cc1cc([Si](C)(C)C)cc(C)c1N(c1c(C)cc([Si](C)(C)C)cc1C)c1ccc2ccc3c(N(c4c(C)cc([Si](C)(C)C)cc4C)c4c(C)cc([Si](C)(C)C)cc4C)ccc4ccc1c2c43. The standard InChI is InChI=1S/C60H76N2Si4/c1-37-29-47(63(9,10)11)30-38(2)57(37)61(58-39(3)31-48(32-40(58)4)64(12,13)14)53-27-23-45-22-26-52-54(28-24-46-21-25-51(53)55(45)56(46)52)62(59-41(5)33-49(34-42(59)6)65(15,16)17)60-43(7)35-50(36-44(60)8)66(18,19)20/h21-36H,1-20H3. The zero-order valence-electron chi connectivity index (χ0n) is 44.1. The number of hydrogen-bond acceptors (Lipinski definition) is 2. The van der Waals surface area contributed by atoms with Gasteiger partial charge in [0.05, 0.1) is 66.4 Å². The highest BCUT2D eigenvalue weighted by molar-refractivity contribution is 6.90. The molecule has 0 bridgehead atoms. The maximum absolute atomic E-state index is 2.65. The van der Waals surface area contributed by atoms with E-state index in [1.165, 1.54) is 132 Å². The third-order valence-electron chi connectivity index (χ3n) is 14.4. The van der Waals surface area contributed by atoms with Crippen LogP contribution in [0.25, 0.3) is 32.3 Å². The molecular formula is C60H76N2Si4. The largest absolute Gasteiger partial charge is 0.309 e. The first-order valence-corrected chi connectivity index (χ1v) is 38.4. The van der Waals surface area contributed by atoms with Gasteiger partial charge in [-0.25, -0.2) is 0 Å². The van der Waals surface area contributed by atoms with Crippen LogP contribution in [0.5, 0.6) is 0 Å². The van der Waals surface area contributed by atoms with E-state index in [4.69, 9.17) is 0 Å². The molecule has 0 unspecified atom stereocenters. The van der Waals surface area contributed by atoms with Gasteiger partial charge in [-0.3, -0.25) is 0 Å². The minimum absolute atomic E-state index is 1.24. The first kappa shape index (κ1) is 47.7. The first-order valence-electron chi connectivity index (χ1n) is 24.4. The molecule has 0 amide bonds. The maximum atomic E-state index is 2.65. The van der Waals surface area contributed by atoms with Crippen LogP contribution in [0.4, 0.5) is 34.1 Å². The zero-order valence-corrected chi connectivity index (χ0v) is 48.1. The van der Waals surface area contributed by atoms with Gasteiger partial charge in [0.1, 0.15) is 0 Å². The zero-order chi connectivity index (χ0) is 48.3. The topological polar surface area (TPSA) is 6.48 Å². The molecule has 0 saturated carbocycles. The fraction of sp³-hybridized carbons (Fsp3) is 0.333. The van der Waals surface area contributed by atoms with Crippen LogP contribution in [0.15, 0.2) is 97.1 Å². The Morgan fingerprint density at radius 1 is 0.273 bits per heavy atom. The first-order chi connectivity index (χ1) is 30.6. The monoisotopic (exact) mass is 937 g/mol. The van der Waals surface area contributed by atoms with E-state index in [0.29, 0.717) is 0 Å². The number of anilines is 6. The molecule has 0 heterocycles. The third-order valence-corrected chi connectivity index (χ3v) is 22.5. The molecular weight excluding hydrogens is 861 g/mol. The Morgan fingerprint density at radius 3 is 0.667 bits per heavy atom. The van der Waals surface area contributed by atoms with E-state index in [2.05, 4.69) is 241 Å². The van der Waals surface area contributed by atoms with E-state index in [1.807, 2.05) is 0 Å². The van der Waals surface area contributed by atoms with Crippen molar-refractivity contribution in [3.63, 3.8) is 0 Å². The second-order valence-electron chi connectivity index (χ2n) is 24.1. The molecule has 0 atom stereocenters. The lowest BCUT2D eigenvalue weighted by Gasteiger charge is -2.35. The summed E-state index contributed by atoms with van der Waals surface area (Å²) in [5.41, 5.74) is 18.3. The van der Waals surface area contributed by atoms with Crippen molar-refractivity contribution in [2.45, 2.75) is 134 Å². The third kappa shape index (κ3) is 8.35. The fourth-order valence-electron chi connectivity index (χ4n) is 10.8. The quantitative estimate of drug-likeness (QED) is 0.0996. The summed E-state index contributed by atoms with van der Waals surface area (Å²) in [4.78, 5) is 5.30. The summed E-state index contributed by atoms with van der Waals surface area (Å²) in [6.07, 6.45) is 0. The molecule has 6 heteroatoms. The molecule has 0 N–H and O–H groups in total. The summed E-state index contributed by atoms with van der Waals surface area (Å²) in [5.74, 6) is 0. The van der Waals surface area contributed by atoms with Gasteiger partial charge in [0.25, 0.3) is 0 Å². The second-order valence-corrected chi connectivity index (χ2v) is 44.4. The average molecular weight is 938 g/mol. The van der Waals surface area contributed by atoms with Gasteiger partial charge in [0.15, 0.2) is 0 Å². The number of hydrogen-bond donors (Lipinski definition) is 0. The number of rotatable bonds is 10. The molecule has 0 aromatic heterocycles. The molecule has 2 nitrogen and oxygen atoms in total. The Bertz CT molecular complexity index is 2770. The molecule has 66 heavy (non-hydrogen) atoms. The molecule has 0 aliphatic heterocycles. The Kier molecular flexibility index (Phi) is 11.9. The Morgan fingerprint density at radius 2 is 0.470 bits per heavy atom. The van der Waals surface area contributed by atoms with E-state index < -0.39 is 32.3 Å². The lowest BCUT2D eigenvalue weighted by molar-refractivity contribution is 1.19. The summed E-state index contributed by atoms with van der Waals surface area (Å²) in [6.45, 7) is 48.4. The van der Waals surface area contributed by atoms with Gasteiger partial charge in [0, 0.05) is 10.8 Å². The molecule has 0 fully saturated rings. The van der Waals surface area contributed by atoms with Crippen molar-refractivity contribution in [3.05, 3.63) is 142 Å². The highest BCUT2D eigenvalue weighted by atomic mass is 28.3. The maximum Gasteiger partial charge on any atom is 0.0776 e. The van der Waals surface area contributed by atoms with Crippen LogP contribution < -0.4 is 30.5 Å². The van der Waals surface area contributed by atoms with Crippen LogP contribution in [0.2, 0.25) is 78.6 Å². The van der Waals surface area contributed by atoms with Gasteiger partial charge in [-0.2, -0.15) is 0 Å². The van der Waals surface area contributed by atoms with E-state index in [0.717, 1.165) is 0 Å². The van der Waals surface area contributed by atoms with Gasteiger partial charge in [-0.1, -0.05) is 184 Å². The minimum atomic E-state index is -1.57. The molecule has 0 aliphatic rings. The van der Waals surface area contributed by atoms with E-state index in [-0.39, 0.29) is 0 Å². The van der Waals surface area contributed by atoms with Gasteiger partial charge in [0.2, 0.25) is 0 Å². The lowest BCUT2D eigenvalue weighted by atomic mass is 9.90. The highest BCUT2D eigenvalue weighted by Crippen LogP contribution is 2.50. The summed E-state index contributed by atoms with van der Waals surface area (Å²) >= 11 is 0. The lowest BCUT2D eigenvalue weighted by Crippen LogP contribution is -2.38. The smallest absolute Gasteiger partial charge is 0.0776 e. The Balaban J connectivity index is 1.47. The number of benzene rings is 8. The molecule has 8 aromatic carbocycles. The predicted molar refractivity (Wildman–Crippen MR) is 309 cm³/mol. The molecule has 0 radical (unpaired) electrons. The van der Waals surface area contributed by atoms with Crippen molar-refractivity contribution >= 4 is 119 Å². The molecule has 0 spiro atoms. The van der Waals surface area contributed by atoms with E-state index in [9.17, 15) is 0 Å². The molecule has 0 aliphatic carbocycles. The molecule has 8 aromatic rings. The Hall–Kier alpha value is -4.73. The van der Waals surface area contributed by atoms with Crippen LogP contribution >= 0.6 is 0 Å². The van der Waals surface area contributed by atoms with Gasteiger partial charge >= 0.3 is 0 Å². The normalized spacial score (nSPS) is 12.8. The number of aryl methyl sites for hydroxylation is 8. The summed E-state index contributed by atoms with van der Waals surface area (Å²) in [7, 11) is -6.27. The van der Waals surface area contributed by atoms with Crippen LogP contribution in [-0.2, 0) is 0 Å². The summed E-state index contributed by atoms with van der Waals surface area (Å²) in [6, 6.07) is 39.2. The van der Waals surface area contributed by atoms with Crippen molar-refractivity contribution < 1.29 is 0 Å². The van der Waals surface area contributed by atoms with Gasteiger partial charge in [-0.15, -0.1) is 0 Å². The van der Waals surface area contributed by atoms with Crippen LogP contribution in [0.3, 0.4) is 0 Å². The van der Waals surface area contributed by atoms with Crippen LogP contribution in [0.1, 0.15) is 44.5 Å². The average Bonchev–Trinajstić information content (AvgIpc) is 3.19. The summed E-state index contributed by atoms with van der Waals surface area (Å²) in [5, 5.41) is 13.8. The highest BCUT2D eigenvalue weighted by Gasteiger charge is 2.31. The minimum Gasteiger partial charge on any atom is -0.309 e. The molecule has 0 saturated heterocycles. The second kappa shape index (κ2) is 16.5. The fourth-order valence-corrected chi connectivity index (χ4v) is 16.0. The van der Waals surface area contributed by atoms with Crippen LogP contribution in [-0.4, -0.2) is 32.3 Å². The van der Waals surface area contributed by atoms with Crippen molar-refractivity contribution in [1.29, 1.82) is 0 Å². The van der Waals surface area contributed by atoms with Crippen molar-refractivity contribution in [2.75, 3.05) is 9.80 Å². The van der Waals surface area contributed by atoms with Gasteiger partial charge in [-0.05, 0) is 134 Å². The van der Waals surface area contributed by atoms with Crippen LogP contribution in [0, 0.1) is 55.4 Å². The Labute approximate surface area is 402 Å². The van der Waals surface area contributed by atoms with E-state index in [1.54, 1.807) is 0 Å². The summed E-state index contributed by atoms with van der Waals surface area (Å²) < 4.78 is 0. The van der Waals surface area contributed by atoms with Crippen molar-refractivity contribution in [3.8, 4) is 0 Å². The molecule has 8 rings (SSSR count). The predicted octanol–water partition coefficient (Wildman–Crippen LogP) is 16.2. The van der Waals surface area contributed by atoms with Crippen molar-refractivity contribution in [1.82, 2.24) is 0 Å². The van der Waals surface area contributed by atoms with E-state index >= 15 is 0 Å². The number of nitrogens with zero attached hydrogens (tertiary/aromatic N) is 2. The van der Waals surface area contributed by atoms with Crippen molar-refractivity contribution in [2.24, 2.45) is 0 Å². The molecule has 342 valence electrons.